The number of nitrogens with zero attached hydrogens (tertiary/aromatic N) is 3. The normalized spacial score (nSPS) is 29.4. The van der Waals surface area contributed by atoms with Crippen LogP contribution in [0.3, 0.4) is 0 Å². The largest absolute Gasteiger partial charge is 0.379 e. The van der Waals surface area contributed by atoms with Crippen LogP contribution in [0.15, 0.2) is 29.2 Å². The molecule has 2 bridgehead atoms. The average Bonchev–Trinajstić information content (AvgIpc) is 2.75. The molecule has 9 heteroatoms. The molecule has 1 aromatic rings. The minimum Gasteiger partial charge on any atom is -0.379 e. The number of hydrogen-bond acceptors (Lipinski definition) is 5. The van der Waals surface area contributed by atoms with Gasteiger partial charge in [-0.1, -0.05) is 0 Å². The molecule has 1 aromatic carbocycles. The number of amides is 1. The van der Waals surface area contributed by atoms with E-state index in [1.807, 2.05) is 6.92 Å². The first-order chi connectivity index (χ1) is 13.4. The zero-order valence-electron chi connectivity index (χ0n) is 16.3. The molecule has 1 N–H and O–H groups in total. The number of nitrogens with one attached hydrogen (secondary N) is 1. The van der Waals surface area contributed by atoms with E-state index in [1.54, 1.807) is 24.3 Å². The molecule has 154 valence electrons. The van der Waals surface area contributed by atoms with Crippen molar-refractivity contribution in [3.8, 4) is 0 Å². The summed E-state index contributed by atoms with van der Waals surface area (Å²) in [5.74, 6) is -0.000800. The van der Waals surface area contributed by atoms with Crippen LogP contribution in [-0.4, -0.2) is 99.6 Å². The number of hydrogen-bond donors (Lipinski definition) is 1. The van der Waals surface area contributed by atoms with Gasteiger partial charge in [0.1, 0.15) is 0 Å². The minimum atomic E-state index is -3.52. The van der Waals surface area contributed by atoms with Crippen molar-refractivity contribution in [1.29, 1.82) is 0 Å². The topological polar surface area (TPSA) is 79.0 Å². The van der Waals surface area contributed by atoms with Crippen LogP contribution in [0.5, 0.6) is 0 Å². The Labute approximate surface area is 166 Å². The maximum absolute atomic E-state index is 12.8. The van der Waals surface area contributed by atoms with Crippen molar-refractivity contribution >= 4 is 21.6 Å². The number of benzene rings is 1. The molecular formula is C19H29N4O4S+. The molecule has 1 amide bonds. The van der Waals surface area contributed by atoms with Crippen molar-refractivity contribution in [3.63, 3.8) is 0 Å². The van der Waals surface area contributed by atoms with Gasteiger partial charge in [-0.05, 0) is 31.2 Å². The summed E-state index contributed by atoms with van der Waals surface area (Å²) < 4.78 is 32.9. The van der Waals surface area contributed by atoms with Crippen molar-refractivity contribution in [1.82, 2.24) is 9.21 Å². The Morgan fingerprint density at radius 3 is 2.18 bits per heavy atom. The summed E-state index contributed by atoms with van der Waals surface area (Å²) in [6.45, 7) is 9.83. The molecule has 4 aliphatic heterocycles. The van der Waals surface area contributed by atoms with Crippen LogP contribution in [0.1, 0.15) is 6.92 Å². The smallest absolute Gasteiger partial charge is 0.282 e. The fourth-order valence-corrected chi connectivity index (χ4v) is 5.82. The fraction of sp³-hybridized carbons (Fsp3) is 0.632. The third-order valence-electron chi connectivity index (χ3n) is 6.52. The van der Waals surface area contributed by atoms with Gasteiger partial charge in [0.2, 0.25) is 10.0 Å². The van der Waals surface area contributed by atoms with Gasteiger partial charge in [0.25, 0.3) is 5.91 Å². The Morgan fingerprint density at radius 2 is 1.61 bits per heavy atom. The highest BCUT2D eigenvalue weighted by molar-refractivity contribution is 7.89. The number of anilines is 1. The number of quaternary nitrogens is 1. The number of carbonyl (C=O) groups excluding carboxylic acids is 1. The summed E-state index contributed by atoms with van der Waals surface area (Å²) in [7, 11) is -3.52. The lowest BCUT2D eigenvalue weighted by Gasteiger charge is -2.52. The number of ether oxygens (including phenoxy) is 1. The Bertz CT molecular complexity index is 799. The van der Waals surface area contributed by atoms with E-state index in [-0.39, 0.29) is 16.8 Å². The molecule has 8 nitrogen and oxygen atoms in total. The molecule has 0 saturated carbocycles. The quantitative estimate of drug-likeness (QED) is 0.702. The monoisotopic (exact) mass is 409 g/mol. The first-order valence-corrected chi connectivity index (χ1v) is 11.4. The van der Waals surface area contributed by atoms with Crippen LogP contribution in [0.4, 0.5) is 5.69 Å². The SMILES string of the molecule is C[C@@H](C(=O)Nc1ccc(S(=O)(=O)N2CCOCC2)cc1)[N+]12CCN(CC1)CC2. The molecule has 0 spiro atoms. The van der Waals surface area contributed by atoms with Crippen molar-refractivity contribution < 1.29 is 22.4 Å². The van der Waals surface area contributed by atoms with Crippen LogP contribution in [0, 0.1) is 0 Å². The van der Waals surface area contributed by atoms with Crippen LogP contribution < -0.4 is 5.32 Å². The first kappa shape index (κ1) is 19.8. The van der Waals surface area contributed by atoms with Crippen LogP contribution in [0.25, 0.3) is 0 Å². The molecule has 4 aliphatic rings. The van der Waals surface area contributed by atoms with E-state index in [2.05, 4.69) is 10.2 Å². The second-order valence-corrected chi connectivity index (χ2v) is 9.87. The second-order valence-electron chi connectivity index (χ2n) is 7.94. The van der Waals surface area contributed by atoms with Gasteiger partial charge in [0.15, 0.2) is 6.04 Å². The fourth-order valence-electron chi connectivity index (χ4n) is 4.42. The lowest BCUT2D eigenvalue weighted by Crippen LogP contribution is -2.72. The summed E-state index contributed by atoms with van der Waals surface area (Å²) in [6.07, 6.45) is 0. The number of sulfonamides is 1. The van der Waals surface area contributed by atoms with Gasteiger partial charge in [-0.3, -0.25) is 9.69 Å². The van der Waals surface area contributed by atoms with Crippen LogP contribution >= 0.6 is 0 Å². The molecule has 28 heavy (non-hydrogen) atoms. The number of carbonyl (C=O) groups is 1. The molecule has 4 heterocycles. The number of rotatable bonds is 5. The highest BCUT2D eigenvalue weighted by Crippen LogP contribution is 2.25. The predicted octanol–water partition coefficient (Wildman–Crippen LogP) is 0.181. The van der Waals surface area contributed by atoms with E-state index in [1.165, 1.54) is 4.31 Å². The zero-order chi connectivity index (χ0) is 19.8. The van der Waals surface area contributed by atoms with Gasteiger partial charge in [0, 0.05) is 38.4 Å². The molecule has 5 rings (SSSR count). The van der Waals surface area contributed by atoms with E-state index >= 15 is 0 Å². The highest BCUT2D eigenvalue weighted by atomic mass is 32.2. The zero-order valence-corrected chi connectivity index (χ0v) is 17.2. The Morgan fingerprint density at radius 1 is 1.04 bits per heavy atom. The minimum absolute atomic E-state index is 0.000800. The average molecular weight is 410 g/mol. The number of fused-ring (bicyclic) bond motifs is 3. The van der Waals surface area contributed by atoms with Crippen molar-refractivity contribution in [3.05, 3.63) is 24.3 Å². The van der Waals surface area contributed by atoms with Crippen molar-refractivity contribution in [2.45, 2.75) is 17.9 Å². The molecule has 0 aliphatic carbocycles. The van der Waals surface area contributed by atoms with E-state index in [9.17, 15) is 13.2 Å². The lowest BCUT2D eigenvalue weighted by molar-refractivity contribution is -0.953. The molecule has 0 unspecified atom stereocenters. The molecule has 0 aromatic heterocycles. The standard InChI is InChI=1S/C19H28N4O4S/c1-16(23-11-6-21(7-12-23)8-13-23)19(24)20-17-2-4-18(5-3-17)28(25,26)22-9-14-27-15-10-22/h2-5,16H,6-15H2,1H3/p+1/t16-/m0/s1. The highest BCUT2D eigenvalue weighted by Gasteiger charge is 2.45. The molecule has 4 fully saturated rings. The summed E-state index contributed by atoms with van der Waals surface area (Å²) in [6, 6.07) is 6.37. The van der Waals surface area contributed by atoms with Gasteiger partial charge in [-0.15, -0.1) is 0 Å². The van der Waals surface area contributed by atoms with Gasteiger partial charge in [-0.25, -0.2) is 8.42 Å². The van der Waals surface area contributed by atoms with Gasteiger partial charge < -0.3 is 14.5 Å². The molecule has 4 saturated heterocycles. The van der Waals surface area contributed by atoms with Gasteiger partial charge in [-0.2, -0.15) is 4.31 Å². The van der Waals surface area contributed by atoms with E-state index < -0.39 is 10.0 Å². The van der Waals surface area contributed by atoms with Gasteiger partial charge >= 0.3 is 0 Å². The predicted molar refractivity (Wildman–Crippen MR) is 105 cm³/mol. The molecule has 0 radical (unpaired) electrons. The van der Waals surface area contributed by atoms with Crippen molar-refractivity contribution in [2.24, 2.45) is 0 Å². The van der Waals surface area contributed by atoms with Crippen LogP contribution in [-0.2, 0) is 19.6 Å². The maximum Gasteiger partial charge on any atom is 0.282 e. The van der Waals surface area contributed by atoms with Gasteiger partial charge in [0.05, 0.1) is 37.7 Å². The molecule has 1 atom stereocenters. The summed E-state index contributed by atoms with van der Waals surface area (Å²) in [5, 5.41) is 2.98. The first-order valence-electron chi connectivity index (χ1n) is 9.98. The Kier molecular flexibility index (Phi) is 5.45. The number of morpholine rings is 1. The summed E-state index contributed by atoms with van der Waals surface area (Å²) in [4.78, 5) is 15.5. The van der Waals surface area contributed by atoms with E-state index in [0.717, 1.165) is 43.8 Å². The maximum atomic E-state index is 12.8. The summed E-state index contributed by atoms with van der Waals surface area (Å²) in [5.41, 5.74) is 0.631. The Hall–Kier alpha value is -1.52. The second kappa shape index (κ2) is 7.72. The summed E-state index contributed by atoms with van der Waals surface area (Å²) >= 11 is 0. The Balaban J connectivity index is 1.42. The van der Waals surface area contributed by atoms with E-state index in [0.29, 0.717) is 32.0 Å². The van der Waals surface area contributed by atoms with Crippen LogP contribution in [0.2, 0.25) is 0 Å². The third-order valence-corrected chi connectivity index (χ3v) is 8.43. The molecular weight excluding hydrogens is 380 g/mol. The van der Waals surface area contributed by atoms with E-state index in [4.69, 9.17) is 4.74 Å². The van der Waals surface area contributed by atoms with Crippen molar-refractivity contribution in [2.75, 3.05) is 70.9 Å². The lowest BCUT2D eigenvalue weighted by atomic mass is 10.1. The number of piperazine rings is 3. The third kappa shape index (κ3) is 3.69.